The second-order valence-corrected chi connectivity index (χ2v) is 16.9. The van der Waals surface area contributed by atoms with E-state index in [1.54, 1.807) is 32.5 Å². The number of aryl methyl sites for hydroxylation is 1. The third-order valence-corrected chi connectivity index (χ3v) is 11.9. The van der Waals surface area contributed by atoms with E-state index in [1.165, 1.54) is 16.7 Å². The molecular weight excluding hydrogens is 655 g/mol. The summed E-state index contributed by atoms with van der Waals surface area (Å²) in [5.41, 5.74) is 2.37. The third-order valence-electron chi connectivity index (χ3n) is 8.75. The Kier molecular flexibility index (Phi) is 8.83. The van der Waals surface area contributed by atoms with Crippen LogP contribution in [-0.2, 0) is 25.6 Å². The van der Waals surface area contributed by atoms with Gasteiger partial charge >= 0.3 is 5.97 Å². The maximum absolute atomic E-state index is 12.9. The topological polar surface area (TPSA) is 162 Å². The van der Waals surface area contributed by atoms with Gasteiger partial charge in [-0.05, 0) is 40.2 Å². The molecule has 7 rings (SSSR count). The number of carboxylic acids is 1. The van der Waals surface area contributed by atoms with E-state index in [1.807, 2.05) is 65.6 Å². The zero-order valence-corrected chi connectivity index (χ0v) is 28.8. The molecule has 0 spiro atoms. The molecule has 0 unspecified atom stereocenters. The summed E-state index contributed by atoms with van der Waals surface area (Å²) in [6.45, 7) is 10.2. The number of fused-ring (bicyclic) bond motifs is 2. The van der Waals surface area contributed by atoms with Crippen molar-refractivity contribution < 1.29 is 33.6 Å². The van der Waals surface area contributed by atoms with Gasteiger partial charge in [0, 0.05) is 21.6 Å². The summed E-state index contributed by atoms with van der Waals surface area (Å²) >= 11 is 3.15. The fraction of sp³-hybridized carbons (Fsp3) is 0.412. The number of nitrogens with zero attached hydrogens (tertiary/aromatic N) is 3. The molecule has 0 aliphatic carbocycles. The number of rotatable bonds is 7. The lowest BCUT2D eigenvalue weighted by Gasteiger charge is -2.43. The normalized spacial score (nSPS) is 25.9. The number of benzene rings is 2. The molecule has 1 aromatic heterocycles. The molecule has 4 aliphatic heterocycles. The van der Waals surface area contributed by atoms with Crippen molar-refractivity contribution in [3.8, 4) is 11.3 Å². The molecule has 2 aromatic carbocycles. The van der Waals surface area contributed by atoms with Crippen LogP contribution in [0.2, 0.25) is 0 Å². The number of β-lactam (4-membered cyclic amide) rings is 2. The zero-order chi connectivity index (χ0) is 34.5. The Labute approximate surface area is 286 Å². The predicted octanol–water partition coefficient (Wildman–Crippen LogP) is 3.30. The second kappa shape index (κ2) is 12.6. The molecule has 5 heterocycles. The van der Waals surface area contributed by atoms with Gasteiger partial charge in [-0.25, -0.2) is 4.79 Å². The highest BCUT2D eigenvalue weighted by Crippen LogP contribution is 2.51. The van der Waals surface area contributed by atoms with Gasteiger partial charge < -0.3 is 30.1 Å². The quantitative estimate of drug-likeness (QED) is 0.314. The highest BCUT2D eigenvalue weighted by molar-refractivity contribution is 8.02. The van der Waals surface area contributed by atoms with E-state index in [0.717, 1.165) is 17.7 Å². The lowest BCUT2D eigenvalue weighted by Crippen LogP contribution is -2.70. The second-order valence-electron chi connectivity index (χ2n) is 13.3. The van der Waals surface area contributed by atoms with Crippen molar-refractivity contribution in [3.05, 3.63) is 77.6 Å². The first-order chi connectivity index (χ1) is 22.7. The third kappa shape index (κ3) is 6.18. The van der Waals surface area contributed by atoms with E-state index >= 15 is 0 Å². The standard InChI is InChI=1S/C19H19N3O5S.C15H18N2O2S/c1-9-11(12(21-27-9)10-7-5-4-6-8-10)15(23)20-13-16(24)22-14(18(25)26)19(2,3)28-17(13)22;1-15(2)9-17-13(19)12(14(17)20-15)16-11(18)8-10-6-4-3-5-7-10/h4-8,13-14,17H,1-3H3,(H,20,23)(H,25,26);3-7,12,14H,8-9H2,1-2H3,(H,16,18)/t13-,14+,17-;12-,14-/m11/s1. The SMILES string of the molecule is CC1(C)CN2C(=O)[C@@H](NC(=O)Cc3ccccc3)[C@H]2S1.Cc1onc(-c2ccccc2)c1C(=O)N[C@@H]1C(=O)N2[C@@H]1SC(C)(C)[C@@H]2C(=O)O. The van der Waals surface area contributed by atoms with E-state index in [0.29, 0.717) is 17.9 Å². The monoisotopic (exact) mass is 691 g/mol. The van der Waals surface area contributed by atoms with Gasteiger partial charge in [0.2, 0.25) is 17.7 Å². The molecule has 4 fully saturated rings. The number of thioether (sulfide) groups is 2. The fourth-order valence-electron chi connectivity index (χ4n) is 6.53. The summed E-state index contributed by atoms with van der Waals surface area (Å²) < 4.78 is 4.65. The molecule has 3 aromatic rings. The Hall–Kier alpha value is -4.30. The van der Waals surface area contributed by atoms with Crippen molar-refractivity contribution in [2.75, 3.05) is 6.54 Å². The number of carbonyl (C=O) groups excluding carboxylic acids is 4. The number of aliphatic carboxylic acids is 1. The van der Waals surface area contributed by atoms with Gasteiger partial charge in [0.1, 0.15) is 45.9 Å². The van der Waals surface area contributed by atoms with Crippen molar-refractivity contribution in [1.82, 2.24) is 25.6 Å². The Morgan fingerprint density at radius 2 is 1.54 bits per heavy atom. The minimum Gasteiger partial charge on any atom is -0.480 e. The number of amides is 4. The van der Waals surface area contributed by atoms with E-state index in [-0.39, 0.29) is 39.4 Å². The first kappa shape index (κ1) is 33.6. The van der Waals surface area contributed by atoms with Gasteiger partial charge in [-0.15, -0.1) is 23.5 Å². The van der Waals surface area contributed by atoms with Gasteiger partial charge in [-0.1, -0.05) is 65.8 Å². The molecule has 4 saturated heterocycles. The molecule has 48 heavy (non-hydrogen) atoms. The maximum atomic E-state index is 12.9. The largest absolute Gasteiger partial charge is 0.480 e. The van der Waals surface area contributed by atoms with Crippen molar-refractivity contribution in [1.29, 1.82) is 0 Å². The number of hydrogen-bond acceptors (Lipinski definition) is 9. The average molecular weight is 692 g/mol. The van der Waals surface area contributed by atoms with Crippen molar-refractivity contribution in [3.63, 3.8) is 0 Å². The summed E-state index contributed by atoms with van der Waals surface area (Å²) in [6, 6.07) is 16.7. The van der Waals surface area contributed by atoms with Crippen molar-refractivity contribution in [2.24, 2.45) is 0 Å². The predicted molar refractivity (Wildman–Crippen MR) is 181 cm³/mol. The minimum absolute atomic E-state index is 0.0505. The van der Waals surface area contributed by atoms with Crippen LogP contribution in [0.1, 0.15) is 49.4 Å². The number of hydrogen-bond donors (Lipinski definition) is 3. The van der Waals surface area contributed by atoms with Crippen LogP contribution in [0, 0.1) is 6.92 Å². The number of aromatic nitrogens is 1. The van der Waals surface area contributed by atoms with Crippen LogP contribution in [0.15, 0.2) is 65.2 Å². The summed E-state index contributed by atoms with van der Waals surface area (Å²) in [5.74, 6) is -1.58. The summed E-state index contributed by atoms with van der Waals surface area (Å²) in [5, 5.41) is 18.8. The van der Waals surface area contributed by atoms with E-state index < -0.39 is 34.1 Å². The lowest BCUT2D eigenvalue weighted by molar-refractivity contribution is -0.159. The van der Waals surface area contributed by atoms with Gasteiger partial charge in [0.15, 0.2) is 0 Å². The van der Waals surface area contributed by atoms with Crippen molar-refractivity contribution in [2.45, 2.75) is 79.4 Å². The molecule has 4 amide bonds. The molecular formula is C34H37N5O7S2. The van der Waals surface area contributed by atoms with E-state index in [9.17, 15) is 29.1 Å². The number of carboxylic acid groups (broad SMARTS) is 1. The maximum Gasteiger partial charge on any atom is 0.327 e. The van der Waals surface area contributed by atoms with Crippen LogP contribution in [0.25, 0.3) is 11.3 Å². The molecule has 0 saturated carbocycles. The van der Waals surface area contributed by atoms with E-state index in [4.69, 9.17) is 4.52 Å². The molecule has 252 valence electrons. The number of nitrogens with one attached hydrogen (secondary N) is 2. The number of carbonyl (C=O) groups is 5. The zero-order valence-electron chi connectivity index (χ0n) is 27.1. The highest BCUT2D eigenvalue weighted by Gasteiger charge is 2.64. The van der Waals surface area contributed by atoms with Crippen molar-refractivity contribution >= 4 is 53.1 Å². The van der Waals surface area contributed by atoms with Gasteiger partial charge in [0.05, 0.1) is 6.42 Å². The molecule has 4 aliphatic rings. The smallest absolute Gasteiger partial charge is 0.327 e. The summed E-state index contributed by atoms with van der Waals surface area (Å²) in [6.07, 6.45) is 0.325. The van der Waals surface area contributed by atoms with Crippen LogP contribution < -0.4 is 10.6 Å². The van der Waals surface area contributed by atoms with Gasteiger partial charge in [0.25, 0.3) is 5.91 Å². The van der Waals surface area contributed by atoms with Crippen LogP contribution >= 0.6 is 23.5 Å². The average Bonchev–Trinajstić information content (AvgIpc) is 3.66. The lowest BCUT2D eigenvalue weighted by atomic mass is 9.95. The first-order valence-electron chi connectivity index (χ1n) is 15.6. The molecule has 0 bridgehead atoms. The van der Waals surface area contributed by atoms with Crippen LogP contribution in [0.5, 0.6) is 0 Å². The fourth-order valence-corrected chi connectivity index (χ4v) is 9.65. The highest BCUT2D eigenvalue weighted by atomic mass is 32.2. The Morgan fingerprint density at radius 1 is 0.917 bits per heavy atom. The van der Waals surface area contributed by atoms with Crippen LogP contribution in [0.3, 0.4) is 0 Å². The first-order valence-corrected chi connectivity index (χ1v) is 17.3. The Bertz CT molecular complexity index is 1760. The molecule has 12 nitrogen and oxygen atoms in total. The molecule has 5 atom stereocenters. The Morgan fingerprint density at radius 3 is 2.19 bits per heavy atom. The minimum atomic E-state index is -1.04. The summed E-state index contributed by atoms with van der Waals surface area (Å²) in [7, 11) is 0. The molecule has 0 radical (unpaired) electrons. The molecule has 3 N–H and O–H groups in total. The molecule has 14 heteroatoms. The van der Waals surface area contributed by atoms with E-state index in [2.05, 4.69) is 29.6 Å². The summed E-state index contributed by atoms with van der Waals surface area (Å²) in [4.78, 5) is 64.4. The Balaban J connectivity index is 0.000000177. The van der Waals surface area contributed by atoms with Gasteiger partial charge in [-0.2, -0.15) is 0 Å². The van der Waals surface area contributed by atoms with Crippen LogP contribution in [0.4, 0.5) is 0 Å². The van der Waals surface area contributed by atoms with Gasteiger partial charge in [-0.3, -0.25) is 19.2 Å². The van der Waals surface area contributed by atoms with Crippen LogP contribution in [-0.4, -0.2) is 94.6 Å².